The molecule has 0 heterocycles. The van der Waals surface area contributed by atoms with Crippen LogP contribution in [0.25, 0.3) is 5.73 Å². The topological polar surface area (TPSA) is 23.8 Å². The van der Waals surface area contributed by atoms with Gasteiger partial charge in [0.15, 0.2) is 0 Å². The van der Waals surface area contributed by atoms with E-state index in [0.717, 1.165) is 0 Å². The zero-order valence-electron chi connectivity index (χ0n) is 13.5. The van der Waals surface area contributed by atoms with Crippen LogP contribution in [0, 0.1) is 26.8 Å². The van der Waals surface area contributed by atoms with Crippen LogP contribution in [0.1, 0.15) is 27.7 Å². The first-order valence-corrected chi connectivity index (χ1v) is 8.66. The molecule has 0 fully saturated rings. The molecule has 0 bridgehead atoms. The Balaban J connectivity index is -0.000000240. The van der Waals surface area contributed by atoms with Crippen molar-refractivity contribution in [1.82, 2.24) is 0 Å². The van der Waals surface area contributed by atoms with Gasteiger partial charge in [0, 0.05) is 0 Å². The molecule has 1 aromatic rings. The van der Waals surface area contributed by atoms with Gasteiger partial charge in [0.2, 0.25) is 0 Å². The molecule has 0 saturated carbocycles. The summed E-state index contributed by atoms with van der Waals surface area (Å²) < 4.78 is 0. The number of hydrogen-bond acceptors (Lipinski definition) is 0. The molecule has 0 aromatic heterocycles. The number of allylic oxidation sites excluding steroid dienone is 4. The zero-order chi connectivity index (χ0) is 14.1. The van der Waals surface area contributed by atoms with Crippen molar-refractivity contribution in [2.75, 3.05) is 0 Å². The quantitative estimate of drug-likeness (QED) is 0.438. The van der Waals surface area contributed by atoms with Crippen molar-refractivity contribution >= 4 is 13.3 Å². The van der Waals surface area contributed by atoms with E-state index in [4.69, 9.17) is 5.73 Å². The normalized spacial score (nSPS) is 15.3. The van der Waals surface area contributed by atoms with Crippen molar-refractivity contribution in [2.24, 2.45) is 5.92 Å². The second-order valence-electron chi connectivity index (χ2n) is 4.17. The standard InChI is InChI=1S/C9H13.C6H6N.2CH3.Si.Ti/c1-6-5-7(2)9(4)8(6)3;7-6-4-2-1-3-5-6;;;;/h6H,1-4H3;1-5,7H;2*1H3;;/q4*-1;;. The average Bonchev–Trinajstić information content (AvgIpc) is 2.60. The van der Waals surface area contributed by atoms with Crippen LogP contribution in [-0.2, 0) is 19.2 Å². The van der Waals surface area contributed by atoms with Gasteiger partial charge in [-0.05, 0) is 0 Å². The van der Waals surface area contributed by atoms with Gasteiger partial charge in [-0.3, -0.25) is 6.08 Å². The number of benzene rings is 1. The Bertz CT molecular complexity index is 424. The summed E-state index contributed by atoms with van der Waals surface area (Å²) in [7, 11) is 2.97. The van der Waals surface area contributed by atoms with E-state index in [-0.39, 0.29) is 14.9 Å². The van der Waals surface area contributed by atoms with E-state index in [0.29, 0.717) is 11.6 Å². The van der Waals surface area contributed by atoms with E-state index in [1.165, 1.54) is 16.7 Å². The van der Waals surface area contributed by atoms with E-state index < -0.39 is 0 Å². The van der Waals surface area contributed by atoms with Crippen LogP contribution in [0.4, 0.5) is 5.69 Å². The molecular formula is C17H25NSiTi-4. The number of hydrogen-bond donors (Lipinski definition) is 0. The molecule has 20 heavy (non-hydrogen) atoms. The molecule has 3 heteroatoms. The molecule has 1 N–H and O–H groups in total. The molecule has 1 aliphatic rings. The second kappa shape index (κ2) is 13.4. The Kier molecular flexibility index (Phi) is 16.4. The fraction of sp³-hybridized carbons (Fsp3) is 0.294. The van der Waals surface area contributed by atoms with Crippen molar-refractivity contribution in [3.63, 3.8) is 0 Å². The van der Waals surface area contributed by atoms with Gasteiger partial charge in [-0.25, -0.2) is 5.57 Å². The van der Waals surface area contributed by atoms with Crippen LogP contribution >= 0.6 is 0 Å². The van der Waals surface area contributed by atoms with E-state index in [1.54, 1.807) is 31.3 Å². The molecule has 110 valence electrons. The summed E-state index contributed by atoms with van der Waals surface area (Å²) in [5, 5.41) is 0. The minimum atomic E-state index is 0. The third-order valence-electron chi connectivity index (χ3n) is 3.01. The minimum absolute atomic E-state index is 0. The third kappa shape index (κ3) is 8.57. The van der Waals surface area contributed by atoms with Crippen LogP contribution in [0.3, 0.4) is 0 Å². The van der Waals surface area contributed by atoms with E-state index in [9.17, 15) is 0 Å². The molecule has 0 amide bonds. The molecule has 1 nitrogen and oxygen atoms in total. The van der Waals surface area contributed by atoms with Crippen molar-refractivity contribution < 1.29 is 19.2 Å². The molecule has 1 aliphatic carbocycles. The number of rotatable bonds is 0. The summed E-state index contributed by atoms with van der Waals surface area (Å²) in [5.74, 6) is 0.560. The van der Waals surface area contributed by atoms with Gasteiger partial charge in [0.1, 0.15) is 0 Å². The predicted octanol–water partition coefficient (Wildman–Crippen LogP) is 5.61. The first-order valence-electron chi connectivity index (χ1n) is 5.82. The summed E-state index contributed by atoms with van der Waals surface area (Å²) >= 11 is 1.81. The summed E-state index contributed by atoms with van der Waals surface area (Å²) in [6.45, 7) is 8.67. The van der Waals surface area contributed by atoms with Crippen LogP contribution < -0.4 is 0 Å². The molecule has 2 rings (SSSR count). The van der Waals surface area contributed by atoms with Gasteiger partial charge in [-0.15, -0.1) is 12.6 Å². The Morgan fingerprint density at radius 2 is 1.50 bits per heavy atom. The first-order chi connectivity index (χ1) is 8.52. The van der Waals surface area contributed by atoms with Crippen molar-refractivity contribution in [3.05, 3.63) is 73.7 Å². The van der Waals surface area contributed by atoms with Gasteiger partial charge in [0.25, 0.3) is 0 Å². The summed E-state index contributed by atoms with van der Waals surface area (Å²) in [6, 6.07) is 9.10. The van der Waals surface area contributed by atoms with Crippen molar-refractivity contribution in [1.29, 1.82) is 0 Å². The Morgan fingerprint density at radius 1 is 1.05 bits per heavy atom. The monoisotopic (exact) mass is 319 g/mol. The zero-order valence-corrected chi connectivity index (χ0v) is 16.0. The molecule has 0 spiro atoms. The van der Waals surface area contributed by atoms with E-state index in [2.05, 4.69) is 41.4 Å². The average molecular weight is 319 g/mol. The summed E-state index contributed by atoms with van der Waals surface area (Å²) in [5.41, 5.74) is 11.8. The van der Waals surface area contributed by atoms with Gasteiger partial charge in [0.05, 0.1) is 0 Å². The summed E-state index contributed by atoms with van der Waals surface area (Å²) in [4.78, 5) is 0. The molecule has 1 atom stereocenters. The van der Waals surface area contributed by atoms with Crippen LogP contribution in [0.15, 0.2) is 47.1 Å². The molecule has 2 radical (unpaired) electrons. The van der Waals surface area contributed by atoms with E-state index in [1.807, 2.05) is 18.2 Å². The maximum absolute atomic E-state index is 7.00. The van der Waals surface area contributed by atoms with Crippen molar-refractivity contribution in [3.8, 4) is 0 Å². The van der Waals surface area contributed by atoms with Gasteiger partial charge < -0.3 is 20.6 Å². The van der Waals surface area contributed by atoms with Crippen LogP contribution in [0.5, 0.6) is 0 Å². The van der Waals surface area contributed by atoms with Crippen molar-refractivity contribution in [2.45, 2.75) is 27.7 Å². The van der Waals surface area contributed by atoms with Crippen LogP contribution in [0.2, 0.25) is 0 Å². The molecule has 1 aromatic carbocycles. The second-order valence-corrected chi connectivity index (χ2v) is 4.17. The van der Waals surface area contributed by atoms with Gasteiger partial charge in [-0.1, -0.05) is 57.0 Å². The molecule has 0 aliphatic heterocycles. The van der Waals surface area contributed by atoms with E-state index >= 15 is 0 Å². The molecule has 1 unspecified atom stereocenters. The predicted molar refractivity (Wildman–Crippen MR) is 89.0 cm³/mol. The third-order valence-corrected chi connectivity index (χ3v) is 3.01. The SMILES string of the molecule is CC1=[C-]C(C)C(C)=C1C.[CH3-].[CH3-].[NH-]c1ccccc1.[Si]=[Ti]. The fourth-order valence-electron chi connectivity index (χ4n) is 1.60. The van der Waals surface area contributed by atoms with Gasteiger partial charge >= 0.3 is 26.8 Å². The Hall–Kier alpha value is -0.569. The van der Waals surface area contributed by atoms with Crippen LogP contribution in [-0.4, -0.2) is 7.63 Å². The maximum atomic E-state index is 7.00. The number of nitrogens with one attached hydrogen (secondary N) is 1. The first kappa shape index (κ1) is 24.4. The molecule has 0 saturated heterocycles. The Morgan fingerprint density at radius 3 is 1.65 bits per heavy atom. The fourth-order valence-corrected chi connectivity index (χ4v) is 1.60. The Labute approximate surface area is 139 Å². The summed E-state index contributed by atoms with van der Waals surface area (Å²) in [6.07, 6.45) is 3.36. The van der Waals surface area contributed by atoms with Gasteiger partial charge in [-0.2, -0.15) is 11.1 Å². The molecular weight excluding hydrogens is 294 g/mol.